The number of benzene rings is 1. The predicted octanol–water partition coefficient (Wildman–Crippen LogP) is 2.20. The summed E-state index contributed by atoms with van der Waals surface area (Å²) in [5.74, 6) is -1.09. The van der Waals surface area contributed by atoms with Gasteiger partial charge >= 0.3 is 0 Å². The lowest BCUT2D eigenvalue weighted by Gasteiger charge is -2.23. The molecule has 0 radical (unpaired) electrons. The second-order valence-electron chi connectivity index (χ2n) is 5.74. The zero-order valence-corrected chi connectivity index (χ0v) is 14.5. The Hall–Kier alpha value is -3.41. The molecular weight excluding hydrogens is 378 g/mol. The summed E-state index contributed by atoms with van der Waals surface area (Å²) in [5, 5.41) is 26.7. The number of rotatable bonds is 5. The molecular formula is C15H13N5O6S. The van der Waals surface area contributed by atoms with Crippen LogP contribution < -0.4 is 5.32 Å². The average molecular weight is 391 g/mol. The van der Waals surface area contributed by atoms with Crippen LogP contribution in [-0.2, 0) is 4.79 Å². The van der Waals surface area contributed by atoms with E-state index in [0.717, 1.165) is 18.2 Å². The van der Waals surface area contributed by atoms with Crippen molar-refractivity contribution in [2.75, 3.05) is 11.9 Å². The van der Waals surface area contributed by atoms with Gasteiger partial charge in [0.05, 0.1) is 21.5 Å². The van der Waals surface area contributed by atoms with Gasteiger partial charge in [0.15, 0.2) is 5.13 Å². The first kappa shape index (κ1) is 18.4. The van der Waals surface area contributed by atoms with E-state index in [0.29, 0.717) is 18.0 Å². The van der Waals surface area contributed by atoms with E-state index in [2.05, 4.69) is 10.3 Å². The fourth-order valence-corrected chi connectivity index (χ4v) is 3.38. The first-order valence-electron chi connectivity index (χ1n) is 7.82. The third kappa shape index (κ3) is 3.89. The number of nitro groups is 2. The molecule has 3 rings (SSSR count). The molecule has 1 N–H and O–H groups in total. The Labute approximate surface area is 155 Å². The highest BCUT2D eigenvalue weighted by Gasteiger charge is 2.36. The number of hydrogen-bond donors (Lipinski definition) is 1. The summed E-state index contributed by atoms with van der Waals surface area (Å²) in [4.78, 5) is 50.9. The van der Waals surface area contributed by atoms with Crippen LogP contribution in [0.15, 0.2) is 29.8 Å². The number of carbonyl (C=O) groups excluding carboxylic acids is 2. The minimum atomic E-state index is -0.805. The van der Waals surface area contributed by atoms with Gasteiger partial charge in [0.25, 0.3) is 17.3 Å². The van der Waals surface area contributed by atoms with Crippen molar-refractivity contribution in [3.63, 3.8) is 0 Å². The van der Waals surface area contributed by atoms with Crippen LogP contribution in [0, 0.1) is 20.2 Å². The Morgan fingerprint density at radius 1 is 1.19 bits per heavy atom. The fourth-order valence-electron chi connectivity index (χ4n) is 2.85. The molecule has 1 aromatic carbocycles. The number of non-ortho nitro benzene ring substituents is 2. The van der Waals surface area contributed by atoms with Gasteiger partial charge in [0, 0.05) is 30.3 Å². The summed E-state index contributed by atoms with van der Waals surface area (Å²) < 4.78 is 0. The first-order chi connectivity index (χ1) is 12.9. The molecule has 0 bridgehead atoms. The minimum absolute atomic E-state index is 0.204. The van der Waals surface area contributed by atoms with Crippen molar-refractivity contribution < 1.29 is 19.4 Å². The Balaban J connectivity index is 1.86. The van der Waals surface area contributed by atoms with Gasteiger partial charge in [-0.3, -0.25) is 29.8 Å². The molecule has 2 aromatic rings. The number of aromatic nitrogens is 1. The first-order valence-corrected chi connectivity index (χ1v) is 8.70. The molecule has 12 heteroatoms. The molecule has 1 saturated heterocycles. The van der Waals surface area contributed by atoms with Crippen molar-refractivity contribution >= 4 is 39.7 Å². The Bertz CT molecular complexity index is 883. The lowest BCUT2D eigenvalue weighted by atomic mass is 10.1. The highest BCUT2D eigenvalue weighted by atomic mass is 32.1. The van der Waals surface area contributed by atoms with Crippen LogP contribution in [0.4, 0.5) is 16.5 Å². The van der Waals surface area contributed by atoms with Crippen molar-refractivity contribution in [3.8, 4) is 0 Å². The number of likely N-dealkylation sites (tertiary alicyclic amines) is 1. The molecule has 1 aromatic heterocycles. The molecule has 2 amide bonds. The monoisotopic (exact) mass is 391 g/mol. The fraction of sp³-hybridized carbons (Fsp3) is 0.267. The van der Waals surface area contributed by atoms with Gasteiger partial charge < -0.3 is 10.2 Å². The van der Waals surface area contributed by atoms with E-state index < -0.39 is 39.1 Å². The zero-order valence-electron chi connectivity index (χ0n) is 13.7. The maximum Gasteiger partial charge on any atom is 0.277 e. The topological polar surface area (TPSA) is 149 Å². The van der Waals surface area contributed by atoms with Gasteiger partial charge in [-0.1, -0.05) is 0 Å². The van der Waals surface area contributed by atoms with Gasteiger partial charge in [-0.2, -0.15) is 0 Å². The molecule has 27 heavy (non-hydrogen) atoms. The molecule has 140 valence electrons. The van der Waals surface area contributed by atoms with Crippen LogP contribution in [0.3, 0.4) is 0 Å². The smallest absolute Gasteiger partial charge is 0.277 e. The summed E-state index contributed by atoms with van der Waals surface area (Å²) in [6, 6.07) is 1.96. The molecule has 1 fully saturated rings. The van der Waals surface area contributed by atoms with E-state index in [1.165, 1.54) is 22.4 Å². The minimum Gasteiger partial charge on any atom is -0.327 e. The van der Waals surface area contributed by atoms with E-state index in [1.807, 2.05) is 0 Å². The second-order valence-corrected chi connectivity index (χ2v) is 6.63. The summed E-state index contributed by atoms with van der Waals surface area (Å²) >= 11 is 1.23. The Kier molecular flexibility index (Phi) is 5.07. The van der Waals surface area contributed by atoms with Crippen molar-refractivity contribution in [2.24, 2.45) is 0 Å². The second kappa shape index (κ2) is 7.45. The molecule has 2 heterocycles. The van der Waals surface area contributed by atoms with Gasteiger partial charge in [-0.15, -0.1) is 11.3 Å². The highest BCUT2D eigenvalue weighted by Crippen LogP contribution is 2.27. The van der Waals surface area contributed by atoms with Crippen LogP contribution in [0.1, 0.15) is 23.2 Å². The Morgan fingerprint density at radius 2 is 1.85 bits per heavy atom. The lowest BCUT2D eigenvalue weighted by Crippen LogP contribution is -2.43. The summed E-state index contributed by atoms with van der Waals surface area (Å²) in [6.07, 6.45) is 2.51. The quantitative estimate of drug-likeness (QED) is 0.606. The SMILES string of the molecule is O=C(Nc1nccs1)C1CCCN1C(=O)c1cc([N+](=O)[O-])cc([N+](=O)[O-])c1. The van der Waals surface area contributed by atoms with Crippen molar-refractivity contribution in [2.45, 2.75) is 18.9 Å². The Morgan fingerprint density at radius 3 is 2.41 bits per heavy atom. The molecule has 1 aliphatic heterocycles. The summed E-state index contributed by atoms with van der Waals surface area (Å²) in [6.45, 7) is 0.269. The molecule has 1 aliphatic rings. The molecule has 11 nitrogen and oxygen atoms in total. The average Bonchev–Trinajstić information content (AvgIpc) is 3.32. The van der Waals surface area contributed by atoms with E-state index in [9.17, 15) is 29.8 Å². The number of nitro benzene ring substituents is 2. The van der Waals surface area contributed by atoms with Gasteiger partial charge in [-0.25, -0.2) is 4.98 Å². The largest absolute Gasteiger partial charge is 0.327 e. The van der Waals surface area contributed by atoms with Gasteiger partial charge in [0.2, 0.25) is 5.91 Å². The number of nitrogens with zero attached hydrogens (tertiary/aromatic N) is 4. The third-order valence-corrected chi connectivity index (χ3v) is 4.74. The van der Waals surface area contributed by atoms with Gasteiger partial charge in [-0.05, 0) is 12.8 Å². The lowest BCUT2D eigenvalue weighted by molar-refractivity contribution is -0.394. The van der Waals surface area contributed by atoms with Crippen LogP contribution >= 0.6 is 11.3 Å². The number of anilines is 1. The number of nitrogens with one attached hydrogen (secondary N) is 1. The van der Waals surface area contributed by atoms with Crippen LogP contribution in [0.2, 0.25) is 0 Å². The number of amides is 2. The molecule has 1 unspecified atom stereocenters. The zero-order chi connectivity index (χ0) is 19.6. The standard InChI is InChI=1S/C15H13N5O6S/c21-13(17-15-16-3-5-27-15)12-2-1-4-18(12)14(22)9-6-10(19(23)24)8-11(7-9)20(25)26/h3,5-8,12H,1-2,4H2,(H,16,17,21). The van der Waals surface area contributed by atoms with Crippen molar-refractivity contribution in [1.82, 2.24) is 9.88 Å². The van der Waals surface area contributed by atoms with E-state index in [-0.39, 0.29) is 12.1 Å². The number of thiazole rings is 1. The molecule has 0 spiro atoms. The highest BCUT2D eigenvalue weighted by molar-refractivity contribution is 7.13. The summed E-state index contributed by atoms with van der Waals surface area (Å²) in [5.41, 5.74) is -1.32. The number of carbonyl (C=O) groups is 2. The molecule has 0 saturated carbocycles. The van der Waals surface area contributed by atoms with Crippen molar-refractivity contribution in [3.05, 3.63) is 55.6 Å². The van der Waals surface area contributed by atoms with Crippen LogP contribution in [0.25, 0.3) is 0 Å². The third-order valence-electron chi connectivity index (χ3n) is 4.05. The van der Waals surface area contributed by atoms with Crippen LogP contribution in [-0.4, -0.2) is 44.1 Å². The summed E-state index contributed by atoms with van der Waals surface area (Å²) in [7, 11) is 0. The van der Waals surface area contributed by atoms with E-state index >= 15 is 0 Å². The maximum atomic E-state index is 12.8. The van der Waals surface area contributed by atoms with E-state index in [1.54, 1.807) is 5.38 Å². The van der Waals surface area contributed by atoms with Gasteiger partial charge in [0.1, 0.15) is 6.04 Å². The number of hydrogen-bond acceptors (Lipinski definition) is 8. The predicted molar refractivity (Wildman–Crippen MR) is 94.6 cm³/mol. The van der Waals surface area contributed by atoms with Crippen LogP contribution in [0.5, 0.6) is 0 Å². The molecule has 0 aliphatic carbocycles. The molecule has 1 atom stereocenters. The normalized spacial score (nSPS) is 16.1. The maximum absolute atomic E-state index is 12.8. The van der Waals surface area contributed by atoms with Crippen molar-refractivity contribution in [1.29, 1.82) is 0 Å². The van der Waals surface area contributed by atoms with E-state index in [4.69, 9.17) is 0 Å².